The zero-order chi connectivity index (χ0) is 31.1. The maximum atomic E-state index is 2.44. The highest BCUT2D eigenvalue weighted by Gasteiger charge is 2.27. The number of rotatable bonds is 2. The fourth-order valence-corrected chi connectivity index (χ4v) is 9.75. The first-order valence-electron chi connectivity index (χ1n) is 17.2. The molecular weight excluding hydrogens is 577 g/mol. The molecule has 2 aliphatic carbocycles. The van der Waals surface area contributed by atoms with Gasteiger partial charge in [0.05, 0.1) is 0 Å². The zero-order valence-corrected chi connectivity index (χ0v) is 26.3. The van der Waals surface area contributed by atoms with Crippen LogP contribution in [0.15, 0.2) is 146 Å². The fourth-order valence-electron chi connectivity index (χ4n) is 9.75. The van der Waals surface area contributed by atoms with Crippen LogP contribution in [0.4, 0.5) is 0 Å². The Kier molecular flexibility index (Phi) is 4.65. The van der Waals surface area contributed by atoms with Crippen LogP contribution in [0.3, 0.4) is 0 Å². The van der Waals surface area contributed by atoms with Crippen molar-refractivity contribution in [1.29, 1.82) is 0 Å². The second kappa shape index (κ2) is 8.88. The van der Waals surface area contributed by atoms with Crippen LogP contribution in [0.5, 0.6) is 0 Å². The highest BCUT2D eigenvalue weighted by atomic mass is 14.3. The van der Waals surface area contributed by atoms with Crippen LogP contribution in [0, 0.1) is 0 Å². The lowest BCUT2D eigenvalue weighted by Crippen LogP contribution is -1.92. The molecule has 0 atom stereocenters. The maximum Gasteiger partial charge on any atom is -0.000708 e. The molecule has 0 aliphatic heterocycles. The second-order valence-electron chi connectivity index (χ2n) is 13.8. The molecular formula is C48H28. The second-order valence-corrected chi connectivity index (χ2v) is 13.8. The summed E-state index contributed by atoms with van der Waals surface area (Å²) in [5, 5.41) is 19.3. The Bertz CT molecular complexity index is 3060. The minimum Gasteiger partial charge on any atom is -0.0842 e. The van der Waals surface area contributed by atoms with Crippen LogP contribution in [0.2, 0.25) is 0 Å². The molecule has 10 aromatic carbocycles. The van der Waals surface area contributed by atoms with E-state index in [2.05, 4.69) is 146 Å². The first-order chi connectivity index (χ1) is 23.9. The van der Waals surface area contributed by atoms with E-state index in [0.29, 0.717) is 0 Å². The molecule has 0 nitrogen and oxygen atoms in total. The SMILES string of the molecule is C1=CCCC(c2c3cccc4c5ccccc5c(c34)c3c4ccc(-c5ccc6c7c(cccc57)-c5ccccc5-6)c5cccc(c23)c54)=C1. The molecule has 0 spiro atoms. The maximum absolute atomic E-state index is 2.44. The van der Waals surface area contributed by atoms with Crippen LogP contribution >= 0.6 is 0 Å². The zero-order valence-electron chi connectivity index (χ0n) is 26.3. The van der Waals surface area contributed by atoms with Crippen molar-refractivity contribution in [2.45, 2.75) is 12.8 Å². The molecule has 0 fully saturated rings. The summed E-state index contributed by atoms with van der Waals surface area (Å²) in [7, 11) is 0. The Balaban J connectivity index is 1.27. The smallest absolute Gasteiger partial charge is 0.000708 e. The van der Waals surface area contributed by atoms with Crippen molar-refractivity contribution >= 4 is 81.0 Å². The molecule has 0 unspecified atom stereocenters. The minimum absolute atomic E-state index is 1.06. The average Bonchev–Trinajstić information content (AvgIpc) is 3.78. The highest BCUT2D eigenvalue weighted by Crippen LogP contribution is 2.54. The van der Waals surface area contributed by atoms with Crippen molar-refractivity contribution in [1.82, 2.24) is 0 Å². The summed E-state index contributed by atoms with van der Waals surface area (Å²) in [4.78, 5) is 0. The first-order valence-corrected chi connectivity index (χ1v) is 17.2. The summed E-state index contributed by atoms with van der Waals surface area (Å²) >= 11 is 0. The summed E-state index contributed by atoms with van der Waals surface area (Å²) in [6.07, 6.45) is 9.08. The van der Waals surface area contributed by atoms with Crippen LogP contribution in [0.1, 0.15) is 18.4 Å². The number of benzene rings is 8. The van der Waals surface area contributed by atoms with Gasteiger partial charge in [-0.15, -0.1) is 0 Å². The van der Waals surface area contributed by atoms with E-state index in [9.17, 15) is 0 Å². The lowest BCUT2D eigenvalue weighted by atomic mass is 9.87. The lowest BCUT2D eigenvalue weighted by Gasteiger charge is -2.16. The van der Waals surface area contributed by atoms with Crippen LogP contribution in [-0.2, 0) is 0 Å². The third kappa shape index (κ3) is 2.94. The molecule has 0 heterocycles. The Morgan fingerprint density at radius 2 is 0.854 bits per heavy atom. The molecule has 0 saturated heterocycles. The van der Waals surface area contributed by atoms with E-state index in [4.69, 9.17) is 0 Å². The summed E-state index contributed by atoms with van der Waals surface area (Å²) in [5.74, 6) is 0. The van der Waals surface area contributed by atoms with Crippen molar-refractivity contribution < 1.29 is 0 Å². The largest absolute Gasteiger partial charge is 0.0842 e. The lowest BCUT2D eigenvalue weighted by molar-refractivity contribution is 1.06. The first kappa shape index (κ1) is 25.2. The molecule has 0 heteroatoms. The third-order valence-corrected chi connectivity index (χ3v) is 11.6. The predicted octanol–water partition coefficient (Wildman–Crippen LogP) is 13.7. The van der Waals surface area contributed by atoms with Crippen LogP contribution in [-0.4, -0.2) is 0 Å². The Labute approximate surface area is 277 Å². The molecule has 0 amide bonds. The van der Waals surface area contributed by atoms with E-state index in [1.807, 2.05) is 0 Å². The van der Waals surface area contributed by atoms with Crippen molar-refractivity contribution in [3.63, 3.8) is 0 Å². The van der Waals surface area contributed by atoms with Crippen molar-refractivity contribution in [2.75, 3.05) is 0 Å². The minimum atomic E-state index is 1.06. The van der Waals surface area contributed by atoms with Gasteiger partial charge in [0, 0.05) is 0 Å². The highest BCUT2D eigenvalue weighted by molar-refractivity contribution is 6.47. The number of hydrogen-bond acceptors (Lipinski definition) is 0. The van der Waals surface area contributed by atoms with Gasteiger partial charge in [-0.2, -0.15) is 0 Å². The van der Waals surface area contributed by atoms with Gasteiger partial charge in [-0.1, -0.05) is 146 Å². The summed E-state index contributed by atoms with van der Waals surface area (Å²) < 4.78 is 0. The molecule has 0 radical (unpaired) electrons. The molecule has 2 aliphatic rings. The van der Waals surface area contributed by atoms with E-state index in [1.54, 1.807) is 0 Å². The van der Waals surface area contributed by atoms with Gasteiger partial charge < -0.3 is 0 Å². The van der Waals surface area contributed by atoms with Gasteiger partial charge in [-0.05, 0) is 133 Å². The normalized spacial score (nSPS) is 14.1. The van der Waals surface area contributed by atoms with E-state index in [-0.39, 0.29) is 0 Å². The molecule has 0 N–H and O–H groups in total. The van der Waals surface area contributed by atoms with Gasteiger partial charge >= 0.3 is 0 Å². The van der Waals surface area contributed by atoms with E-state index in [0.717, 1.165) is 12.8 Å². The quantitative estimate of drug-likeness (QED) is 0.184. The van der Waals surface area contributed by atoms with Gasteiger partial charge in [-0.25, -0.2) is 0 Å². The number of allylic oxidation sites excluding steroid dienone is 4. The molecule has 12 rings (SSSR count). The van der Waals surface area contributed by atoms with Gasteiger partial charge in [0.1, 0.15) is 0 Å². The summed E-state index contributed by atoms with van der Waals surface area (Å²) in [6.45, 7) is 0. The molecule has 10 aromatic rings. The van der Waals surface area contributed by atoms with Gasteiger partial charge in [0.25, 0.3) is 0 Å². The molecule has 0 aromatic heterocycles. The third-order valence-electron chi connectivity index (χ3n) is 11.6. The standard InChI is InChI=1S/C48H28/c1-2-11-27(12-3-1)42-39-21-10-20-36-30-15-6-7-16-37(30)46(45(36)39)48-41-26-24-32(35-19-9-22-40(44(35)41)47(42)48)31-23-25-38-29-14-5-4-13-28(29)33-17-8-18-34(31)43(33)38/h1-2,4-11,13-26H,3,12H2. The average molecular weight is 605 g/mol. The van der Waals surface area contributed by atoms with E-state index < -0.39 is 0 Å². The van der Waals surface area contributed by atoms with Crippen LogP contribution < -0.4 is 0 Å². The Morgan fingerprint density at radius 3 is 1.67 bits per heavy atom. The van der Waals surface area contributed by atoms with Crippen LogP contribution in [0.25, 0.3) is 114 Å². The van der Waals surface area contributed by atoms with Crippen molar-refractivity contribution in [3.05, 3.63) is 151 Å². The van der Waals surface area contributed by atoms with E-state index >= 15 is 0 Å². The van der Waals surface area contributed by atoms with Gasteiger partial charge in [-0.3, -0.25) is 0 Å². The molecule has 0 bridgehead atoms. The molecule has 48 heavy (non-hydrogen) atoms. The Hall–Kier alpha value is -5.98. The van der Waals surface area contributed by atoms with Gasteiger partial charge in [0.15, 0.2) is 0 Å². The van der Waals surface area contributed by atoms with Gasteiger partial charge in [0.2, 0.25) is 0 Å². The molecule has 0 saturated carbocycles. The summed E-state index contributed by atoms with van der Waals surface area (Å²) in [5.41, 5.74) is 10.9. The number of hydrogen-bond donors (Lipinski definition) is 0. The predicted molar refractivity (Wildman–Crippen MR) is 208 cm³/mol. The number of fused-ring (bicyclic) bond motifs is 10. The van der Waals surface area contributed by atoms with Crippen molar-refractivity contribution in [3.8, 4) is 33.4 Å². The van der Waals surface area contributed by atoms with Crippen molar-refractivity contribution in [2.24, 2.45) is 0 Å². The summed E-state index contributed by atoms with van der Waals surface area (Å²) in [6, 6.07) is 48.4. The Morgan fingerprint density at radius 1 is 0.312 bits per heavy atom. The molecule has 220 valence electrons. The topological polar surface area (TPSA) is 0 Å². The van der Waals surface area contributed by atoms with E-state index in [1.165, 1.54) is 120 Å². The monoisotopic (exact) mass is 604 g/mol. The fraction of sp³-hybridized carbons (Fsp3) is 0.0417.